The minimum absolute atomic E-state index is 0.135. The maximum Gasteiger partial charge on any atom is 0.263 e. The van der Waals surface area contributed by atoms with Gasteiger partial charge in [0.15, 0.2) is 0 Å². The van der Waals surface area contributed by atoms with Crippen molar-refractivity contribution in [2.45, 2.75) is 13.0 Å². The number of carbonyl (C=O) groups is 1. The quantitative estimate of drug-likeness (QED) is 0.358. The Morgan fingerprint density at radius 1 is 1.00 bits per heavy atom. The van der Waals surface area contributed by atoms with Crippen LogP contribution < -0.4 is 15.0 Å². The molecule has 3 aromatic rings. The second-order valence-corrected chi connectivity index (χ2v) is 9.44. The number of nitrogens with zero attached hydrogens (tertiary/aromatic N) is 1. The van der Waals surface area contributed by atoms with Crippen molar-refractivity contribution in [3.05, 3.63) is 88.8 Å². The van der Waals surface area contributed by atoms with E-state index in [1.165, 1.54) is 11.8 Å². The van der Waals surface area contributed by atoms with Crippen LogP contribution in [0.1, 0.15) is 24.2 Å². The number of anilines is 1. The molecule has 1 aliphatic rings. The first-order chi connectivity index (χ1) is 15.4. The summed E-state index contributed by atoms with van der Waals surface area (Å²) < 4.78 is 6.79. The molecule has 1 heterocycles. The third-order valence-corrected chi connectivity index (χ3v) is 6.39. The first-order valence-electron chi connectivity index (χ1n) is 10.3. The maximum absolute atomic E-state index is 12.3. The van der Waals surface area contributed by atoms with E-state index in [-0.39, 0.29) is 12.0 Å². The van der Waals surface area contributed by atoms with Crippen molar-refractivity contribution in [3.8, 4) is 16.9 Å². The van der Waals surface area contributed by atoms with E-state index in [4.69, 9.17) is 17.0 Å². The van der Waals surface area contributed by atoms with E-state index in [0.717, 1.165) is 27.9 Å². The van der Waals surface area contributed by atoms with E-state index in [0.29, 0.717) is 15.0 Å². The highest BCUT2D eigenvalue weighted by molar-refractivity contribution is 8.26. The molecule has 1 atom stereocenters. The Labute approximate surface area is 198 Å². The van der Waals surface area contributed by atoms with E-state index < -0.39 is 0 Å². The summed E-state index contributed by atoms with van der Waals surface area (Å²) in [5, 5.41) is 2.68. The fourth-order valence-corrected chi connectivity index (χ4v) is 4.48. The van der Waals surface area contributed by atoms with Gasteiger partial charge >= 0.3 is 0 Å². The molecule has 1 aliphatic heterocycles. The normalized spacial score (nSPS) is 15.5. The molecule has 1 saturated heterocycles. The summed E-state index contributed by atoms with van der Waals surface area (Å²) in [5.41, 5.74) is 5.21. The highest BCUT2D eigenvalue weighted by Gasteiger charge is 2.23. The summed E-state index contributed by atoms with van der Waals surface area (Å²) in [6.07, 6.45) is 1.72. The van der Waals surface area contributed by atoms with E-state index in [2.05, 4.69) is 40.5 Å². The molecule has 32 heavy (non-hydrogen) atoms. The van der Waals surface area contributed by atoms with Crippen LogP contribution in [0.2, 0.25) is 0 Å². The van der Waals surface area contributed by atoms with Crippen LogP contribution in [0.5, 0.6) is 5.75 Å². The lowest BCUT2D eigenvalue weighted by molar-refractivity contribution is -0.115. The van der Waals surface area contributed by atoms with Gasteiger partial charge < -0.3 is 15.0 Å². The lowest BCUT2D eigenvalue weighted by Gasteiger charge is -2.18. The average Bonchev–Trinajstić information content (AvgIpc) is 3.12. The second-order valence-electron chi connectivity index (χ2n) is 7.72. The SMILES string of the molecule is CC(Oc1ccc(-c2ccc(N(C)C)cc2)cc1/C=C1\SC(=S)NC1=O)c1ccccc1. The van der Waals surface area contributed by atoms with Crippen molar-refractivity contribution in [1.29, 1.82) is 0 Å². The monoisotopic (exact) mass is 460 g/mol. The number of carbonyl (C=O) groups excluding carboxylic acids is 1. The molecular formula is C26H24N2O2S2. The number of nitrogens with one attached hydrogen (secondary N) is 1. The Hall–Kier alpha value is -3.09. The third-order valence-electron chi connectivity index (χ3n) is 5.23. The predicted molar refractivity (Wildman–Crippen MR) is 138 cm³/mol. The highest BCUT2D eigenvalue weighted by Crippen LogP contribution is 2.34. The molecule has 0 aromatic heterocycles. The highest BCUT2D eigenvalue weighted by atomic mass is 32.2. The van der Waals surface area contributed by atoms with Crippen molar-refractivity contribution < 1.29 is 9.53 Å². The summed E-state index contributed by atoms with van der Waals surface area (Å²) in [6.45, 7) is 2.02. The van der Waals surface area contributed by atoms with Gasteiger partial charge in [-0.1, -0.05) is 72.5 Å². The van der Waals surface area contributed by atoms with E-state index in [1.807, 2.05) is 69.6 Å². The van der Waals surface area contributed by atoms with Gasteiger partial charge in [-0.2, -0.15) is 0 Å². The number of benzene rings is 3. The van der Waals surface area contributed by atoms with Crippen molar-refractivity contribution >= 4 is 46.0 Å². The van der Waals surface area contributed by atoms with Gasteiger partial charge in [0.05, 0.1) is 4.91 Å². The number of rotatable bonds is 6. The Morgan fingerprint density at radius 3 is 2.31 bits per heavy atom. The van der Waals surface area contributed by atoms with Crippen molar-refractivity contribution in [3.63, 3.8) is 0 Å². The van der Waals surface area contributed by atoms with E-state index in [1.54, 1.807) is 0 Å². The Morgan fingerprint density at radius 2 is 1.69 bits per heavy atom. The molecule has 6 heteroatoms. The van der Waals surface area contributed by atoms with Crippen LogP contribution in [-0.4, -0.2) is 24.3 Å². The van der Waals surface area contributed by atoms with Crippen LogP contribution in [0, 0.1) is 0 Å². The first-order valence-corrected chi connectivity index (χ1v) is 11.5. The zero-order valence-corrected chi connectivity index (χ0v) is 19.8. The second kappa shape index (κ2) is 9.59. The first kappa shape index (κ1) is 22.1. The number of thioether (sulfide) groups is 1. The van der Waals surface area contributed by atoms with Crippen LogP contribution in [-0.2, 0) is 4.79 Å². The summed E-state index contributed by atoms with van der Waals surface area (Å²) in [6, 6.07) is 24.5. The summed E-state index contributed by atoms with van der Waals surface area (Å²) >= 11 is 6.42. The molecule has 1 fully saturated rings. The summed E-state index contributed by atoms with van der Waals surface area (Å²) in [7, 11) is 4.04. The molecule has 1 unspecified atom stereocenters. The minimum Gasteiger partial charge on any atom is -0.485 e. The average molecular weight is 461 g/mol. The van der Waals surface area contributed by atoms with E-state index >= 15 is 0 Å². The van der Waals surface area contributed by atoms with Gasteiger partial charge in [0.2, 0.25) is 0 Å². The fraction of sp³-hybridized carbons (Fsp3) is 0.154. The molecule has 162 valence electrons. The van der Waals surface area contributed by atoms with Crippen molar-refractivity contribution in [2.75, 3.05) is 19.0 Å². The number of amides is 1. The Kier molecular flexibility index (Phi) is 6.63. The number of thiocarbonyl (C=S) groups is 1. The standard InChI is InChI=1S/C26H24N2O2S2/c1-17(18-7-5-4-6-8-18)30-23-14-11-20(19-9-12-22(13-10-19)28(2)3)15-21(23)16-24-25(29)27-26(31)32-24/h4-17H,1-3H3,(H,27,29,31)/b24-16-. The lowest BCUT2D eigenvalue weighted by atomic mass is 10.0. The van der Waals surface area contributed by atoms with Gasteiger partial charge in [-0.25, -0.2) is 0 Å². The molecule has 3 aromatic carbocycles. The van der Waals surface area contributed by atoms with Gasteiger partial charge in [-0.3, -0.25) is 4.79 Å². The van der Waals surface area contributed by atoms with Crippen LogP contribution in [0.25, 0.3) is 17.2 Å². The minimum atomic E-state index is -0.178. The molecule has 4 rings (SSSR count). The lowest BCUT2D eigenvalue weighted by Crippen LogP contribution is -2.17. The van der Waals surface area contributed by atoms with Crippen molar-refractivity contribution in [2.24, 2.45) is 0 Å². The molecule has 1 N–H and O–H groups in total. The zero-order valence-electron chi connectivity index (χ0n) is 18.2. The molecule has 1 amide bonds. The Balaban J connectivity index is 1.71. The van der Waals surface area contributed by atoms with Crippen LogP contribution in [0.3, 0.4) is 0 Å². The number of hydrogen-bond acceptors (Lipinski definition) is 5. The number of hydrogen-bond donors (Lipinski definition) is 1. The molecule has 0 bridgehead atoms. The summed E-state index contributed by atoms with van der Waals surface area (Å²) in [4.78, 5) is 14.9. The molecule has 4 nitrogen and oxygen atoms in total. The molecule has 0 radical (unpaired) electrons. The number of ether oxygens (including phenoxy) is 1. The van der Waals surface area contributed by atoms with Crippen LogP contribution in [0.15, 0.2) is 77.7 Å². The fourth-order valence-electron chi connectivity index (χ4n) is 3.44. The van der Waals surface area contributed by atoms with Gasteiger partial charge in [-0.05, 0) is 54.0 Å². The van der Waals surface area contributed by atoms with Gasteiger partial charge in [0, 0.05) is 25.3 Å². The zero-order chi connectivity index (χ0) is 22.7. The Bertz CT molecular complexity index is 1170. The molecule has 0 aliphatic carbocycles. The van der Waals surface area contributed by atoms with E-state index in [9.17, 15) is 4.79 Å². The molecule has 0 spiro atoms. The van der Waals surface area contributed by atoms with Gasteiger partial charge in [0.1, 0.15) is 16.2 Å². The van der Waals surface area contributed by atoms with Gasteiger partial charge in [-0.15, -0.1) is 0 Å². The molecular weight excluding hydrogens is 436 g/mol. The van der Waals surface area contributed by atoms with Gasteiger partial charge in [0.25, 0.3) is 5.91 Å². The topological polar surface area (TPSA) is 41.6 Å². The molecule has 0 saturated carbocycles. The van der Waals surface area contributed by atoms with Crippen LogP contribution in [0.4, 0.5) is 5.69 Å². The third kappa shape index (κ3) is 5.03. The van der Waals surface area contributed by atoms with Crippen LogP contribution >= 0.6 is 24.0 Å². The predicted octanol–water partition coefficient (Wildman–Crippen LogP) is 6.05. The largest absolute Gasteiger partial charge is 0.485 e. The van der Waals surface area contributed by atoms with Crippen molar-refractivity contribution in [1.82, 2.24) is 5.32 Å². The smallest absolute Gasteiger partial charge is 0.263 e. The maximum atomic E-state index is 12.3. The summed E-state index contributed by atoms with van der Waals surface area (Å²) in [5.74, 6) is 0.538.